The second-order valence-corrected chi connectivity index (χ2v) is 5.28. The largest absolute Gasteiger partial charge is 0.480 e. The normalized spacial score (nSPS) is 10.8. The lowest BCUT2D eigenvalue weighted by Crippen LogP contribution is -2.34. The summed E-state index contributed by atoms with van der Waals surface area (Å²) in [6, 6.07) is 1.46. The van der Waals surface area contributed by atoms with E-state index in [1.54, 1.807) is 20.8 Å². The minimum Gasteiger partial charge on any atom is -0.480 e. The standard InChI is InChI=1S/C14H20N2O5/c1-14(2,3)21-13(18)16(4)10-7-9(12(17)20-6)8-15-11(10)19-5/h7-8H,1-6H3. The van der Waals surface area contributed by atoms with Crippen LogP contribution in [0.1, 0.15) is 31.1 Å². The highest BCUT2D eigenvalue weighted by atomic mass is 16.6. The van der Waals surface area contributed by atoms with Crippen molar-refractivity contribution in [2.75, 3.05) is 26.2 Å². The molecule has 0 atom stereocenters. The van der Waals surface area contributed by atoms with Crippen molar-refractivity contribution in [1.29, 1.82) is 0 Å². The van der Waals surface area contributed by atoms with E-state index >= 15 is 0 Å². The molecule has 0 radical (unpaired) electrons. The second-order valence-electron chi connectivity index (χ2n) is 5.28. The number of pyridine rings is 1. The predicted octanol–water partition coefficient (Wildman–Crippen LogP) is 2.25. The molecule has 0 N–H and O–H groups in total. The lowest BCUT2D eigenvalue weighted by Gasteiger charge is -2.25. The SMILES string of the molecule is COC(=O)c1cnc(OC)c(N(C)C(=O)OC(C)(C)C)c1. The summed E-state index contributed by atoms with van der Waals surface area (Å²) in [7, 11) is 4.20. The van der Waals surface area contributed by atoms with Gasteiger partial charge in [0.1, 0.15) is 11.3 Å². The van der Waals surface area contributed by atoms with Gasteiger partial charge in [-0.1, -0.05) is 0 Å². The van der Waals surface area contributed by atoms with Crippen LogP contribution in [0.25, 0.3) is 0 Å². The highest BCUT2D eigenvalue weighted by Gasteiger charge is 2.24. The number of ether oxygens (including phenoxy) is 3. The van der Waals surface area contributed by atoms with Gasteiger partial charge in [0, 0.05) is 13.2 Å². The summed E-state index contributed by atoms with van der Waals surface area (Å²) in [4.78, 5) is 28.9. The molecule has 0 fully saturated rings. The number of aromatic nitrogens is 1. The molecule has 116 valence electrons. The lowest BCUT2D eigenvalue weighted by molar-refractivity contribution is 0.0578. The zero-order valence-corrected chi connectivity index (χ0v) is 13.1. The van der Waals surface area contributed by atoms with Crippen LogP contribution in [0.3, 0.4) is 0 Å². The fraction of sp³-hybridized carbons (Fsp3) is 0.500. The first-order valence-electron chi connectivity index (χ1n) is 6.28. The molecule has 0 saturated heterocycles. The minimum absolute atomic E-state index is 0.205. The molecule has 0 aliphatic rings. The topological polar surface area (TPSA) is 78.0 Å². The number of hydrogen-bond donors (Lipinski definition) is 0. The maximum atomic E-state index is 12.1. The van der Waals surface area contributed by atoms with Crippen LogP contribution in [0.2, 0.25) is 0 Å². The van der Waals surface area contributed by atoms with Crippen molar-refractivity contribution >= 4 is 17.7 Å². The monoisotopic (exact) mass is 296 g/mol. The van der Waals surface area contributed by atoms with E-state index in [2.05, 4.69) is 9.72 Å². The fourth-order valence-electron chi connectivity index (χ4n) is 1.50. The summed E-state index contributed by atoms with van der Waals surface area (Å²) in [5.41, 5.74) is -0.107. The van der Waals surface area contributed by atoms with Gasteiger partial charge in [0.15, 0.2) is 0 Å². The van der Waals surface area contributed by atoms with E-state index in [1.807, 2.05) is 0 Å². The molecule has 7 heteroatoms. The Hall–Kier alpha value is -2.31. The van der Waals surface area contributed by atoms with E-state index in [1.165, 1.54) is 38.4 Å². The van der Waals surface area contributed by atoms with Gasteiger partial charge < -0.3 is 14.2 Å². The van der Waals surface area contributed by atoms with Crippen LogP contribution in [0.4, 0.5) is 10.5 Å². The van der Waals surface area contributed by atoms with Crippen LogP contribution in [-0.4, -0.2) is 43.9 Å². The predicted molar refractivity (Wildman–Crippen MR) is 76.8 cm³/mol. The summed E-state index contributed by atoms with van der Waals surface area (Å²) in [5.74, 6) is -0.347. The summed E-state index contributed by atoms with van der Waals surface area (Å²) in [5, 5.41) is 0. The van der Waals surface area contributed by atoms with Gasteiger partial charge in [-0.25, -0.2) is 14.6 Å². The van der Waals surface area contributed by atoms with Crippen LogP contribution in [0.15, 0.2) is 12.3 Å². The lowest BCUT2D eigenvalue weighted by atomic mass is 10.2. The zero-order valence-electron chi connectivity index (χ0n) is 13.1. The number of methoxy groups -OCH3 is 2. The Morgan fingerprint density at radius 3 is 2.33 bits per heavy atom. The van der Waals surface area contributed by atoms with Crippen molar-refractivity contribution in [1.82, 2.24) is 4.98 Å². The first-order valence-corrected chi connectivity index (χ1v) is 6.28. The van der Waals surface area contributed by atoms with Gasteiger partial charge in [-0.15, -0.1) is 0 Å². The number of rotatable bonds is 3. The molecule has 0 saturated carbocycles. The molecular formula is C14H20N2O5. The van der Waals surface area contributed by atoms with E-state index in [0.29, 0.717) is 5.69 Å². The zero-order chi connectivity index (χ0) is 16.2. The van der Waals surface area contributed by atoms with Crippen molar-refractivity contribution in [2.24, 2.45) is 0 Å². The van der Waals surface area contributed by atoms with Gasteiger partial charge in [-0.05, 0) is 26.8 Å². The molecule has 0 aliphatic heterocycles. The van der Waals surface area contributed by atoms with Crippen molar-refractivity contribution < 1.29 is 23.8 Å². The summed E-state index contributed by atoms with van der Waals surface area (Å²) < 4.78 is 15.0. The van der Waals surface area contributed by atoms with Gasteiger partial charge in [-0.3, -0.25) is 4.90 Å². The Labute approximate surface area is 123 Å². The van der Waals surface area contributed by atoms with E-state index in [0.717, 1.165) is 0 Å². The smallest absolute Gasteiger partial charge is 0.414 e. The Morgan fingerprint density at radius 2 is 1.86 bits per heavy atom. The third-order valence-corrected chi connectivity index (χ3v) is 2.48. The number of carbonyl (C=O) groups excluding carboxylic acids is 2. The third kappa shape index (κ3) is 4.34. The van der Waals surface area contributed by atoms with Crippen molar-refractivity contribution in [3.8, 4) is 5.88 Å². The van der Waals surface area contributed by atoms with Crippen LogP contribution in [0, 0.1) is 0 Å². The van der Waals surface area contributed by atoms with Crippen LogP contribution >= 0.6 is 0 Å². The molecule has 0 unspecified atom stereocenters. The van der Waals surface area contributed by atoms with Crippen LogP contribution in [-0.2, 0) is 9.47 Å². The van der Waals surface area contributed by atoms with Gasteiger partial charge in [0.25, 0.3) is 0 Å². The number of nitrogens with zero attached hydrogens (tertiary/aromatic N) is 2. The molecule has 21 heavy (non-hydrogen) atoms. The number of carbonyl (C=O) groups is 2. The van der Waals surface area contributed by atoms with Crippen molar-refractivity contribution in [3.63, 3.8) is 0 Å². The van der Waals surface area contributed by atoms with E-state index in [9.17, 15) is 9.59 Å². The van der Waals surface area contributed by atoms with Crippen molar-refractivity contribution in [2.45, 2.75) is 26.4 Å². The van der Waals surface area contributed by atoms with Gasteiger partial charge in [0.2, 0.25) is 5.88 Å². The number of amides is 1. The summed E-state index contributed by atoms with van der Waals surface area (Å²) in [6.07, 6.45) is 0.738. The number of esters is 1. The summed E-state index contributed by atoms with van der Waals surface area (Å²) in [6.45, 7) is 5.29. The molecule has 7 nitrogen and oxygen atoms in total. The van der Waals surface area contributed by atoms with Gasteiger partial charge >= 0.3 is 12.1 Å². The minimum atomic E-state index is -0.633. The van der Waals surface area contributed by atoms with E-state index in [4.69, 9.17) is 9.47 Å². The Kier molecular flexibility index (Phi) is 5.12. The fourth-order valence-corrected chi connectivity index (χ4v) is 1.50. The molecular weight excluding hydrogens is 276 g/mol. The highest BCUT2D eigenvalue weighted by molar-refractivity contribution is 5.94. The number of anilines is 1. The maximum absolute atomic E-state index is 12.1. The number of hydrogen-bond acceptors (Lipinski definition) is 6. The third-order valence-electron chi connectivity index (χ3n) is 2.48. The molecule has 0 aliphatic carbocycles. The Morgan fingerprint density at radius 1 is 1.24 bits per heavy atom. The maximum Gasteiger partial charge on any atom is 0.414 e. The van der Waals surface area contributed by atoms with E-state index < -0.39 is 17.7 Å². The molecule has 0 aromatic carbocycles. The average Bonchev–Trinajstić information content (AvgIpc) is 2.43. The Balaban J connectivity index is 3.14. The van der Waals surface area contributed by atoms with Gasteiger partial charge in [0.05, 0.1) is 19.8 Å². The molecule has 1 rings (SSSR count). The Bertz CT molecular complexity index is 537. The molecule has 1 amide bonds. The van der Waals surface area contributed by atoms with Crippen molar-refractivity contribution in [3.05, 3.63) is 17.8 Å². The first kappa shape index (κ1) is 16.7. The van der Waals surface area contributed by atoms with Crippen LogP contribution in [0.5, 0.6) is 5.88 Å². The van der Waals surface area contributed by atoms with Gasteiger partial charge in [-0.2, -0.15) is 0 Å². The molecule has 1 aromatic rings. The highest BCUT2D eigenvalue weighted by Crippen LogP contribution is 2.27. The molecule has 1 heterocycles. The molecule has 0 spiro atoms. The van der Waals surface area contributed by atoms with E-state index in [-0.39, 0.29) is 11.4 Å². The summed E-state index contributed by atoms with van der Waals surface area (Å²) >= 11 is 0. The molecule has 1 aromatic heterocycles. The average molecular weight is 296 g/mol. The quantitative estimate of drug-likeness (QED) is 0.796. The van der Waals surface area contributed by atoms with Crippen LogP contribution < -0.4 is 9.64 Å². The molecule has 0 bridgehead atoms. The first-order chi connectivity index (χ1) is 9.69. The second kappa shape index (κ2) is 6.43.